The van der Waals surface area contributed by atoms with Gasteiger partial charge in [-0.15, -0.1) is 11.3 Å². The van der Waals surface area contributed by atoms with Crippen molar-refractivity contribution in [3.63, 3.8) is 0 Å². The molecule has 1 aromatic heterocycles. The molecule has 3 rings (SSSR count). The van der Waals surface area contributed by atoms with Crippen LogP contribution in [0.2, 0.25) is 0 Å². The molecule has 1 amide bonds. The van der Waals surface area contributed by atoms with Crippen molar-refractivity contribution >= 4 is 23.2 Å². The van der Waals surface area contributed by atoms with Gasteiger partial charge in [0.05, 0.1) is 6.54 Å². The number of rotatable bonds is 5. The third kappa shape index (κ3) is 4.85. The second kappa shape index (κ2) is 8.85. The summed E-state index contributed by atoms with van der Waals surface area (Å²) < 4.78 is 0. The van der Waals surface area contributed by atoms with Crippen molar-refractivity contribution < 1.29 is 4.79 Å². The molecule has 1 N–H and O–H groups in total. The third-order valence-corrected chi connectivity index (χ3v) is 5.50. The zero-order valence-corrected chi connectivity index (χ0v) is 16.2. The number of nitrogens with one attached hydrogen (secondary N) is 1. The van der Waals surface area contributed by atoms with Gasteiger partial charge in [-0.05, 0) is 23.4 Å². The van der Waals surface area contributed by atoms with E-state index in [1.54, 1.807) is 30.3 Å². The van der Waals surface area contributed by atoms with Crippen LogP contribution in [0.1, 0.15) is 22.8 Å². The Balaban J connectivity index is 1.68. The number of hydrogen-bond acceptors (Lipinski definition) is 3. The number of guanidine groups is 1. The molecule has 1 aromatic carbocycles. The number of amides is 1. The summed E-state index contributed by atoms with van der Waals surface area (Å²) in [5, 5.41) is 5.52. The smallest absolute Gasteiger partial charge is 0.243 e. The number of carbonyl (C=O) groups excluding carboxylic acids is 1. The van der Waals surface area contributed by atoms with Gasteiger partial charge in [0.2, 0.25) is 5.91 Å². The highest BCUT2D eigenvalue weighted by molar-refractivity contribution is 7.09. The number of carbonyl (C=O) groups is 1. The maximum atomic E-state index is 12.0. The van der Waals surface area contributed by atoms with Gasteiger partial charge >= 0.3 is 0 Å². The maximum Gasteiger partial charge on any atom is 0.243 e. The minimum absolute atomic E-state index is 0.0132. The van der Waals surface area contributed by atoms with Crippen molar-refractivity contribution in [2.24, 2.45) is 4.99 Å². The number of aliphatic imine (C=N–C) groups is 1. The summed E-state index contributed by atoms with van der Waals surface area (Å²) in [7, 11) is 3.52. The fraction of sp³-hybridized carbons (Fsp3) is 0.400. The van der Waals surface area contributed by atoms with Crippen LogP contribution in [0.3, 0.4) is 0 Å². The van der Waals surface area contributed by atoms with Crippen molar-refractivity contribution in [2.45, 2.75) is 18.9 Å². The Morgan fingerprint density at radius 2 is 2.08 bits per heavy atom. The average Bonchev–Trinajstić information content (AvgIpc) is 3.34. The van der Waals surface area contributed by atoms with Crippen molar-refractivity contribution in [3.8, 4) is 0 Å². The molecule has 2 aromatic rings. The van der Waals surface area contributed by atoms with Crippen molar-refractivity contribution in [1.82, 2.24) is 15.1 Å². The average molecular weight is 371 g/mol. The summed E-state index contributed by atoms with van der Waals surface area (Å²) in [5.41, 5.74) is 1.37. The third-order valence-electron chi connectivity index (χ3n) is 4.62. The quantitative estimate of drug-likeness (QED) is 0.650. The van der Waals surface area contributed by atoms with Crippen LogP contribution in [0.25, 0.3) is 0 Å². The monoisotopic (exact) mass is 370 g/mol. The van der Waals surface area contributed by atoms with E-state index in [9.17, 15) is 4.79 Å². The molecular weight excluding hydrogens is 344 g/mol. The van der Waals surface area contributed by atoms with E-state index in [-0.39, 0.29) is 12.5 Å². The van der Waals surface area contributed by atoms with Gasteiger partial charge in [-0.3, -0.25) is 4.79 Å². The molecular formula is C20H26N4OS. The van der Waals surface area contributed by atoms with Crippen LogP contribution in [-0.2, 0) is 11.3 Å². The highest BCUT2D eigenvalue weighted by atomic mass is 32.1. The van der Waals surface area contributed by atoms with Gasteiger partial charge in [-0.25, -0.2) is 4.99 Å². The number of thiophene rings is 1. The Kier molecular flexibility index (Phi) is 6.28. The largest absolute Gasteiger partial charge is 0.351 e. The molecule has 2 heterocycles. The Labute approximate surface area is 159 Å². The molecule has 1 saturated heterocycles. The summed E-state index contributed by atoms with van der Waals surface area (Å²) in [6.07, 6.45) is 1.10. The number of nitrogens with zero attached hydrogens (tertiary/aromatic N) is 3. The molecule has 138 valence electrons. The van der Waals surface area contributed by atoms with Crippen LogP contribution in [0.4, 0.5) is 0 Å². The first-order chi connectivity index (χ1) is 12.6. The van der Waals surface area contributed by atoms with Gasteiger partial charge < -0.3 is 15.1 Å². The fourth-order valence-corrected chi connectivity index (χ4v) is 3.73. The molecule has 26 heavy (non-hydrogen) atoms. The fourth-order valence-electron chi connectivity index (χ4n) is 3.08. The summed E-state index contributed by atoms with van der Waals surface area (Å²) in [5.74, 6) is 1.35. The van der Waals surface area contributed by atoms with E-state index >= 15 is 0 Å². The number of likely N-dealkylation sites (tertiary alicyclic amines) is 1. The minimum atomic E-state index is 0.0132. The van der Waals surface area contributed by atoms with Gasteiger partial charge in [0.1, 0.15) is 6.54 Å². The second-order valence-electron chi connectivity index (χ2n) is 6.70. The molecule has 1 unspecified atom stereocenters. The van der Waals surface area contributed by atoms with Crippen LogP contribution < -0.4 is 5.32 Å². The Morgan fingerprint density at radius 3 is 2.77 bits per heavy atom. The molecule has 1 fully saturated rings. The summed E-state index contributed by atoms with van der Waals surface area (Å²) in [4.78, 5) is 21.7. The van der Waals surface area contributed by atoms with Crippen LogP contribution >= 0.6 is 11.3 Å². The zero-order chi connectivity index (χ0) is 18.4. The van der Waals surface area contributed by atoms with Crippen LogP contribution in [0, 0.1) is 0 Å². The molecule has 1 aliphatic heterocycles. The van der Waals surface area contributed by atoms with Crippen molar-refractivity contribution in [2.75, 3.05) is 33.7 Å². The highest BCUT2D eigenvalue weighted by Crippen LogP contribution is 2.27. The molecule has 0 aliphatic carbocycles. The van der Waals surface area contributed by atoms with Gasteiger partial charge in [0, 0.05) is 38.0 Å². The standard InChI is InChI=1S/C20H26N4OS/c1-23(2)19(25)14-22-20(21-13-18-9-6-12-26-18)24-11-10-17(15-24)16-7-4-3-5-8-16/h3-9,12,17H,10-11,13-15H2,1-2H3,(H,21,22). The SMILES string of the molecule is CN(C)C(=O)CN=C(NCc1cccs1)N1CCC(c2ccccc2)C1. The van der Waals surface area contributed by atoms with Gasteiger partial charge in [-0.2, -0.15) is 0 Å². The Hall–Kier alpha value is -2.34. The second-order valence-corrected chi connectivity index (χ2v) is 7.74. The van der Waals surface area contributed by atoms with E-state index < -0.39 is 0 Å². The molecule has 0 bridgehead atoms. The van der Waals surface area contributed by atoms with E-state index in [1.165, 1.54) is 10.4 Å². The Morgan fingerprint density at radius 1 is 1.27 bits per heavy atom. The zero-order valence-electron chi connectivity index (χ0n) is 15.4. The lowest BCUT2D eigenvalue weighted by atomic mass is 9.99. The van der Waals surface area contributed by atoms with Crippen LogP contribution in [0.15, 0.2) is 52.8 Å². The topological polar surface area (TPSA) is 47.9 Å². The molecule has 0 radical (unpaired) electrons. The first-order valence-corrected chi connectivity index (χ1v) is 9.82. The summed E-state index contributed by atoms with van der Waals surface area (Å²) in [6.45, 7) is 2.79. The molecule has 5 nitrogen and oxygen atoms in total. The first-order valence-electron chi connectivity index (χ1n) is 8.94. The van der Waals surface area contributed by atoms with E-state index in [4.69, 9.17) is 0 Å². The lowest BCUT2D eigenvalue weighted by Gasteiger charge is -2.22. The van der Waals surface area contributed by atoms with Crippen LogP contribution in [0.5, 0.6) is 0 Å². The van der Waals surface area contributed by atoms with Gasteiger partial charge in [0.15, 0.2) is 5.96 Å². The Bertz CT molecular complexity index is 728. The molecule has 1 atom stereocenters. The minimum Gasteiger partial charge on any atom is -0.351 e. The van der Waals surface area contributed by atoms with E-state index in [0.29, 0.717) is 5.92 Å². The van der Waals surface area contributed by atoms with E-state index in [2.05, 4.69) is 63.1 Å². The van der Waals surface area contributed by atoms with E-state index in [1.807, 2.05) is 0 Å². The predicted octanol–water partition coefficient (Wildman–Crippen LogP) is 2.77. The van der Waals surface area contributed by atoms with E-state index in [0.717, 1.165) is 32.0 Å². The van der Waals surface area contributed by atoms with Crippen molar-refractivity contribution in [1.29, 1.82) is 0 Å². The normalized spacial score (nSPS) is 17.4. The summed E-state index contributed by atoms with van der Waals surface area (Å²) >= 11 is 1.72. The molecule has 0 saturated carbocycles. The predicted molar refractivity (Wildman–Crippen MR) is 108 cm³/mol. The lowest BCUT2D eigenvalue weighted by molar-refractivity contribution is -0.127. The van der Waals surface area contributed by atoms with Crippen molar-refractivity contribution in [3.05, 3.63) is 58.3 Å². The van der Waals surface area contributed by atoms with Gasteiger partial charge in [-0.1, -0.05) is 36.4 Å². The number of likely N-dealkylation sites (N-methyl/N-ethyl adjacent to an activating group) is 1. The van der Waals surface area contributed by atoms with Crippen LogP contribution in [-0.4, -0.2) is 55.4 Å². The first kappa shape index (κ1) is 18.5. The number of hydrogen-bond donors (Lipinski definition) is 1. The maximum absolute atomic E-state index is 12.0. The summed E-state index contributed by atoms with van der Waals surface area (Å²) in [6, 6.07) is 14.8. The number of benzene rings is 1. The molecule has 6 heteroatoms. The highest BCUT2D eigenvalue weighted by Gasteiger charge is 2.26. The molecule has 0 spiro atoms. The molecule has 1 aliphatic rings. The van der Waals surface area contributed by atoms with Gasteiger partial charge in [0.25, 0.3) is 0 Å². The lowest BCUT2D eigenvalue weighted by Crippen LogP contribution is -2.40.